The number of fused-ring (bicyclic) bond motifs is 1. The second kappa shape index (κ2) is 19.1. The number of pyridine rings is 1. The fourth-order valence-electron chi connectivity index (χ4n) is 8.18. The summed E-state index contributed by atoms with van der Waals surface area (Å²) in [5.41, 5.74) is 8.28. The summed E-state index contributed by atoms with van der Waals surface area (Å²) in [5, 5.41) is 14.8. The normalized spacial score (nSPS) is 15.3. The molecule has 2 aliphatic rings. The number of hydrogen-bond acceptors (Lipinski definition) is 10. The molecule has 1 aromatic heterocycles. The van der Waals surface area contributed by atoms with E-state index in [-0.39, 0.29) is 23.9 Å². The van der Waals surface area contributed by atoms with Crippen LogP contribution >= 0.6 is 0 Å². The van der Waals surface area contributed by atoms with Gasteiger partial charge in [-0.25, -0.2) is 4.79 Å². The molecule has 58 heavy (non-hydrogen) atoms. The first-order chi connectivity index (χ1) is 27.9. The highest BCUT2D eigenvalue weighted by atomic mass is 16.5. The summed E-state index contributed by atoms with van der Waals surface area (Å²) in [7, 11) is 1.34. The number of carbonyl (C=O) groups is 2. The number of aromatic amines is 1. The minimum Gasteiger partial charge on any atom is -0.493 e. The second-order valence-corrected chi connectivity index (χ2v) is 15.6. The van der Waals surface area contributed by atoms with Gasteiger partial charge in [0.15, 0.2) is 0 Å². The van der Waals surface area contributed by atoms with Crippen molar-refractivity contribution in [2.45, 2.75) is 92.2 Å². The highest BCUT2D eigenvalue weighted by Gasteiger charge is 2.39. The third kappa shape index (κ3) is 9.57. The SMILES string of the molecule is CCN(c1cc(-c2ccc(OCCCOc3ccc4c(c3)C(=O)N(C(C(=O)OC)C(C)C)C4)cc2)cc(C(O)NCc2c(C)cc(C)[nH]c2=O)c1C)C1CCOCC1. The maximum absolute atomic E-state index is 13.3. The number of carbonyl (C=O) groups excluding carboxylic acids is 2. The zero-order valence-electron chi connectivity index (χ0n) is 34.9. The van der Waals surface area contributed by atoms with Crippen molar-refractivity contribution in [1.29, 1.82) is 0 Å². The summed E-state index contributed by atoms with van der Waals surface area (Å²) in [5.74, 6) is 0.610. The maximum Gasteiger partial charge on any atom is 0.328 e. The fourth-order valence-corrected chi connectivity index (χ4v) is 8.18. The van der Waals surface area contributed by atoms with E-state index in [4.69, 9.17) is 18.9 Å². The highest BCUT2D eigenvalue weighted by molar-refractivity contribution is 6.01. The van der Waals surface area contributed by atoms with Gasteiger partial charge in [0.25, 0.3) is 11.5 Å². The van der Waals surface area contributed by atoms with Crippen LogP contribution in [0.2, 0.25) is 0 Å². The Labute approximate surface area is 341 Å². The summed E-state index contributed by atoms with van der Waals surface area (Å²) >= 11 is 0. The number of hydrogen-bond donors (Lipinski definition) is 3. The number of aliphatic hydroxyl groups excluding tert-OH is 1. The lowest BCUT2D eigenvalue weighted by molar-refractivity contribution is -0.147. The Morgan fingerprint density at radius 3 is 2.31 bits per heavy atom. The van der Waals surface area contributed by atoms with E-state index in [1.807, 2.05) is 76.2 Å². The highest BCUT2D eigenvalue weighted by Crippen LogP contribution is 2.36. The maximum atomic E-state index is 13.3. The molecule has 0 radical (unpaired) electrons. The van der Waals surface area contributed by atoms with Gasteiger partial charge in [0.05, 0.1) is 20.3 Å². The second-order valence-electron chi connectivity index (χ2n) is 15.6. The molecule has 12 heteroatoms. The lowest BCUT2D eigenvalue weighted by atomic mass is 9.94. The van der Waals surface area contributed by atoms with Crippen molar-refractivity contribution >= 4 is 17.6 Å². The molecule has 2 unspecified atom stereocenters. The summed E-state index contributed by atoms with van der Waals surface area (Å²) in [6.07, 6.45) is 1.49. The molecular weight excluding hydrogens is 737 g/mol. The fraction of sp³-hybridized carbons (Fsp3) is 0.457. The van der Waals surface area contributed by atoms with E-state index in [0.717, 1.165) is 83.1 Å². The van der Waals surface area contributed by atoms with Crippen molar-refractivity contribution in [3.63, 3.8) is 0 Å². The van der Waals surface area contributed by atoms with Gasteiger partial charge in [-0.3, -0.25) is 14.9 Å². The molecule has 3 aromatic carbocycles. The number of aliphatic hydroxyl groups is 1. The van der Waals surface area contributed by atoms with Crippen LogP contribution in [0.15, 0.2) is 65.5 Å². The lowest BCUT2D eigenvalue weighted by Gasteiger charge is -2.37. The number of anilines is 1. The molecule has 0 spiro atoms. The molecule has 2 aliphatic heterocycles. The van der Waals surface area contributed by atoms with Crippen LogP contribution in [0.3, 0.4) is 0 Å². The molecule has 2 atom stereocenters. The molecule has 1 saturated heterocycles. The predicted molar refractivity (Wildman–Crippen MR) is 224 cm³/mol. The monoisotopic (exact) mass is 794 g/mol. The Kier molecular flexibility index (Phi) is 13.9. The first kappa shape index (κ1) is 42.4. The quantitative estimate of drug-likeness (QED) is 0.0597. The van der Waals surface area contributed by atoms with Gasteiger partial charge >= 0.3 is 5.97 Å². The Morgan fingerprint density at radius 2 is 1.66 bits per heavy atom. The summed E-state index contributed by atoms with van der Waals surface area (Å²) in [4.78, 5) is 45.3. The molecule has 310 valence electrons. The predicted octanol–water partition coefficient (Wildman–Crippen LogP) is 6.75. The van der Waals surface area contributed by atoms with E-state index in [0.29, 0.717) is 49.1 Å². The first-order valence-electron chi connectivity index (χ1n) is 20.4. The molecule has 0 aliphatic carbocycles. The Morgan fingerprint density at radius 1 is 0.966 bits per heavy atom. The average molecular weight is 795 g/mol. The van der Waals surface area contributed by atoms with Crippen molar-refractivity contribution in [3.05, 3.63) is 110 Å². The van der Waals surface area contributed by atoms with Crippen molar-refractivity contribution in [3.8, 4) is 22.6 Å². The Hall–Kier alpha value is -5.17. The largest absolute Gasteiger partial charge is 0.493 e. The smallest absolute Gasteiger partial charge is 0.328 e. The standard InChI is InChI=1S/C46H58N4O8/c1-8-49(35-16-20-56-21-17-35)41-24-34(23-38(31(41)6)43(51)47-26-40-29(4)22-30(5)48-44(40)52)32-10-13-36(14-11-32)57-18-9-19-58-37-15-12-33-27-50(45(53)39(33)25-37)42(28(2)3)46(54)55-7/h10-15,22-25,28,35,42-43,47,51H,8-9,16-21,26-27H2,1-7H3,(H,48,52). The van der Waals surface area contributed by atoms with E-state index >= 15 is 0 Å². The Bertz CT molecular complexity index is 2130. The number of H-pyrrole nitrogens is 1. The van der Waals surface area contributed by atoms with E-state index in [1.165, 1.54) is 7.11 Å². The Balaban J connectivity index is 1.11. The molecule has 4 aromatic rings. The van der Waals surface area contributed by atoms with Gasteiger partial charge in [-0.15, -0.1) is 0 Å². The van der Waals surface area contributed by atoms with Gasteiger partial charge in [-0.2, -0.15) is 0 Å². The number of ether oxygens (including phenoxy) is 4. The number of amides is 1. The zero-order valence-corrected chi connectivity index (χ0v) is 34.9. The number of aryl methyl sites for hydroxylation is 2. The molecule has 3 heterocycles. The van der Waals surface area contributed by atoms with Crippen LogP contribution in [0.5, 0.6) is 11.5 Å². The topological polar surface area (TPSA) is 143 Å². The number of nitrogens with zero attached hydrogens (tertiary/aromatic N) is 2. The van der Waals surface area contributed by atoms with E-state index < -0.39 is 18.2 Å². The number of rotatable bonds is 17. The van der Waals surface area contributed by atoms with E-state index in [1.54, 1.807) is 11.0 Å². The van der Waals surface area contributed by atoms with Crippen molar-refractivity contribution in [2.75, 3.05) is 45.0 Å². The molecule has 0 bridgehead atoms. The van der Waals surface area contributed by atoms with Gasteiger partial charge in [0.2, 0.25) is 0 Å². The molecule has 12 nitrogen and oxygen atoms in total. The zero-order chi connectivity index (χ0) is 41.5. The number of nitrogens with one attached hydrogen (secondary N) is 2. The first-order valence-corrected chi connectivity index (χ1v) is 20.4. The van der Waals surface area contributed by atoms with Gasteiger partial charge in [-0.1, -0.05) is 32.0 Å². The van der Waals surface area contributed by atoms with Gasteiger partial charge in [0.1, 0.15) is 23.8 Å². The van der Waals surface area contributed by atoms with Crippen LogP contribution in [-0.2, 0) is 27.4 Å². The average Bonchev–Trinajstić information content (AvgIpc) is 3.52. The van der Waals surface area contributed by atoms with Crippen molar-refractivity contribution < 1.29 is 33.6 Å². The molecule has 6 rings (SSSR count). The van der Waals surface area contributed by atoms with E-state index in [2.05, 4.69) is 35.1 Å². The number of methoxy groups -OCH3 is 1. The van der Waals surface area contributed by atoms with Crippen LogP contribution in [0.4, 0.5) is 5.69 Å². The van der Waals surface area contributed by atoms with E-state index in [9.17, 15) is 19.5 Å². The molecular formula is C46H58N4O8. The summed E-state index contributed by atoms with van der Waals surface area (Å²) in [6, 6.07) is 19.3. The van der Waals surface area contributed by atoms with Crippen LogP contribution in [0.1, 0.15) is 90.1 Å². The van der Waals surface area contributed by atoms with Crippen molar-refractivity contribution in [1.82, 2.24) is 15.2 Å². The van der Waals surface area contributed by atoms with Crippen molar-refractivity contribution in [2.24, 2.45) is 5.92 Å². The van der Waals surface area contributed by atoms with Gasteiger partial charge in [-0.05, 0) is 117 Å². The minimum atomic E-state index is -1.01. The third-order valence-electron chi connectivity index (χ3n) is 11.3. The lowest BCUT2D eigenvalue weighted by Crippen LogP contribution is -2.45. The van der Waals surface area contributed by atoms with Crippen LogP contribution < -0.4 is 25.2 Å². The summed E-state index contributed by atoms with van der Waals surface area (Å²) in [6.45, 7) is 15.5. The third-order valence-corrected chi connectivity index (χ3v) is 11.3. The van der Waals surface area contributed by atoms with Crippen LogP contribution in [-0.4, -0.2) is 79.0 Å². The van der Waals surface area contributed by atoms with Crippen LogP contribution in [0.25, 0.3) is 11.1 Å². The molecule has 1 fully saturated rings. The summed E-state index contributed by atoms with van der Waals surface area (Å²) < 4.78 is 22.7. The molecule has 3 N–H and O–H groups in total. The van der Waals surface area contributed by atoms with Crippen LogP contribution in [0, 0.1) is 26.7 Å². The number of esters is 1. The van der Waals surface area contributed by atoms with Gasteiger partial charge in [0, 0.05) is 73.4 Å². The number of benzene rings is 3. The molecule has 1 amide bonds. The number of aromatic nitrogens is 1. The van der Waals surface area contributed by atoms with Gasteiger partial charge < -0.3 is 38.8 Å². The minimum absolute atomic E-state index is 0.0872. The molecule has 0 saturated carbocycles.